The van der Waals surface area contributed by atoms with Gasteiger partial charge in [0.25, 0.3) is 0 Å². The third-order valence-electron chi connectivity index (χ3n) is 3.13. The first-order valence-electron chi connectivity index (χ1n) is 6.19. The molecule has 20 heavy (non-hydrogen) atoms. The van der Waals surface area contributed by atoms with Crippen LogP contribution in [0.1, 0.15) is 11.7 Å². The van der Waals surface area contributed by atoms with E-state index in [9.17, 15) is 8.78 Å². The molecule has 0 saturated heterocycles. The van der Waals surface area contributed by atoms with Crippen LogP contribution in [0.2, 0.25) is 0 Å². The summed E-state index contributed by atoms with van der Waals surface area (Å²) >= 11 is 0. The number of rotatable bonds is 5. The lowest BCUT2D eigenvalue weighted by atomic mass is 10.0. The monoisotopic (exact) mass is 278 g/mol. The summed E-state index contributed by atoms with van der Waals surface area (Å²) < 4.78 is 36.2. The van der Waals surface area contributed by atoms with Crippen molar-refractivity contribution >= 4 is 0 Å². The predicted octanol–water partition coefficient (Wildman–Crippen LogP) is 4.28. The molecule has 4 heteroatoms. The third-order valence-corrected chi connectivity index (χ3v) is 3.13. The zero-order chi connectivity index (χ0) is 14.6. The lowest BCUT2D eigenvalue weighted by molar-refractivity contribution is -0.284. The Morgan fingerprint density at radius 3 is 1.90 bits per heavy atom. The summed E-state index contributed by atoms with van der Waals surface area (Å²) in [6.45, 7) is 0. The molecule has 2 aromatic carbocycles. The van der Waals surface area contributed by atoms with Gasteiger partial charge in [-0.1, -0.05) is 54.6 Å². The minimum Gasteiger partial charge on any atom is -0.368 e. The number of ether oxygens (including phenoxy) is 2. The minimum atomic E-state index is -3.36. The third kappa shape index (κ3) is 3.03. The van der Waals surface area contributed by atoms with E-state index in [-0.39, 0.29) is 0 Å². The molecule has 1 unspecified atom stereocenters. The van der Waals surface area contributed by atoms with Gasteiger partial charge in [-0.05, 0) is 16.7 Å². The lowest BCUT2D eigenvalue weighted by Crippen LogP contribution is -2.29. The molecule has 0 radical (unpaired) electrons. The summed E-state index contributed by atoms with van der Waals surface area (Å²) in [4.78, 5) is 0. The second-order valence-corrected chi connectivity index (χ2v) is 4.37. The van der Waals surface area contributed by atoms with Gasteiger partial charge in [0.15, 0.2) is 6.10 Å². The zero-order valence-corrected chi connectivity index (χ0v) is 11.3. The minimum absolute atomic E-state index is 0.374. The highest BCUT2D eigenvalue weighted by Crippen LogP contribution is 2.35. The Kier molecular flexibility index (Phi) is 4.47. The quantitative estimate of drug-likeness (QED) is 0.812. The van der Waals surface area contributed by atoms with Crippen LogP contribution in [0.5, 0.6) is 0 Å². The average molecular weight is 278 g/mol. The topological polar surface area (TPSA) is 18.5 Å². The van der Waals surface area contributed by atoms with E-state index in [2.05, 4.69) is 4.74 Å². The largest absolute Gasteiger partial charge is 0.385 e. The number of benzene rings is 2. The van der Waals surface area contributed by atoms with Crippen molar-refractivity contribution in [3.8, 4) is 11.1 Å². The smallest absolute Gasteiger partial charge is 0.368 e. The van der Waals surface area contributed by atoms with E-state index < -0.39 is 12.2 Å². The second kappa shape index (κ2) is 6.11. The van der Waals surface area contributed by atoms with E-state index >= 15 is 0 Å². The van der Waals surface area contributed by atoms with Crippen molar-refractivity contribution in [2.75, 3.05) is 14.2 Å². The maximum atomic E-state index is 13.6. The molecule has 0 fully saturated rings. The normalized spacial score (nSPS) is 13.2. The highest BCUT2D eigenvalue weighted by molar-refractivity contribution is 5.63. The number of hydrogen-bond acceptors (Lipinski definition) is 2. The van der Waals surface area contributed by atoms with Gasteiger partial charge in [0.2, 0.25) is 0 Å². The van der Waals surface area contributed by atoms with Gasteiger partial charge >= 0.3 is 6.11 Å². The van der Waals surface area contributed by atoms with Gasteiger partial charge < -0.3 is 9.47 Å². The molecule has 0 aliphatic rings. The van der Waals surface area contributed by atoms with Crippen LogP contribution in [0.4, 0.5) is 8.78 Å². The van der Waals surface area contributed by atoms with E-state index in [0.717, 1.165) is 18.2 Å². The summed E-state index contributed by atoms with van der Waals surface area (Å²) in [5.74, 6) is 0. The number of methoxy groups -OCH3 is 2. The van der Waals surface area contributed by atoms with Gasteiger partial charge in [0.1, 0.15) is 0 Å². The summed E-state index contributed by atoms with van der Waals surface area (Å²) in [5.41, 5.74) is 2.37. The molecule has 0 spiro atoms. The van der Waals surface area contributed by atoms with Crippen LogP contribution in [0.15, 0.2) is 54.6 Å². The molecule has 2 nitrogen and oxygen atoms in total. The first-order valence-corrected chi connectivity index (χ1v) is 6.19. The van der Waals surface area contributed by atoms with Gasteiger partial charge in [-0.25, -0.2) is 0 Å². The van der Waals surface area contributed by atoms with Crippen LogP contribution in [-0.2, 0) is 9.47 Å². The van der Waals surface area contributed by atoms with Crippen molar-refractivity contribution < 1.29 is 18.3 Å². The molecule has 2 aromatic rings. The molecular weight excluding hydrogens is 262 g/mol. The first kappa shape index (κ1) is 14.6. The van der Waals surface area contributed by atoms with Crippen molar-refractivity contribution in [2.45, 2.75) is 12.2 Å². The first-order chi connectivity index (χ1) is 9.58. The predicted molar refractivity (Wildman–Crippen MR) is 73.6 cm³/mol. The Labute approximate surface area is 117 Å². The van der Waals surface area contributed by atoms with E-state index in [4.69, 9.17) is 4.74 Å². The average Bonchev–Trinajstić information content (AvgIpc) is 2.49. The van der Waals surface area contributed by atoms with Gasteiger partial charge in [-0.15, -0.1) is 0 Å². The molecule has 0 amide bonds. The Bertz CT molecular complexity index is 538. The van der Waals surface area contributed by atoms with Crippen LogP contribution in [0.3, 0.4) is 0 Å². The van der Waals surface area contributed by atoms with Crippen LogP contribution in [-0.4, -0.2) is 20.3 Å². The fraction of sp³-hybridized carbons (Fsp3) is 0.250. The fourth-order valence-corrected chi connectivity index (χ4v) is 2.06. The van der Waals surface area contributed by atoms with Crippen molar-refractivity contribution in [1.29, 1.82) is 0 Å². The SMILES string of the molecule is COC(c1ccc(-c2ccccc2)cc1)C(F)(F)OC. The molecule has 0 heterocycles. The summed E-state index contributed by atoms with van der Waals surface area (Å²) in [5, 5.41) is 0. The van der Waals surface area contributed by atoms with Crippen LogP contribution in [0.25, 0.3) is 11.1 Å². The Hall–Kier alpha value is -1.78. The molecule has 0 aliphatic carbocycles. The zero-order valence-electron chi connectivity index (χ0n) is 11.3. The molecule has 0 saturated carbocycles. The lowest BCUT2D eigenvalue weighted by Gasteiger charge is -2.24. The van der Waals surface area contributed by atoms with E-state index in [0.29, 0.717) is 5.56 Å². The molecule has 0 bridgehead atoms. The molecule has 0 aliphatic heterocycles. The van der Waals surface area contributed by atoms with E-state index in [1.165, 1.54) is 7.11 Å². The van der Waals surface area contributed by atoms with Gasteiger partial charge in [0, 0.05) is 14.2 Å². The standard InChI is InChI=1S/C16H16F2O2/c1-19-15(16(17,18)20-2)14-10-8-13(9-11-14)12-6-4-3-5-7-12/h3-11,15H,1-2H3. The molecule has 2 rings (SSSR count). The van der Waals surface area contributed by atoms with Crippen molar-refractivity contribution in [3.63, 3.8) is 0 Å². The maximum absolute atomic E-state index is 13.6. The van der Waals surface area contributed by atoms with Crippen LogP contribution in [0, 0.1) is 0 Å². The fourth-order valence-electron chi connectivity index (χ4n) is 2.06. The van der Waals surface area contributed by atoms with Crippen molar-refractivity contribution in [2.24, 2.45) is 0 Å². The number of alkyl halides is 2. The Morgan fingerprint density at radius 2 is 1.40 bits per heavy atom. The van der Waals surface area contributed by atoms with Crippen molar-refractivity contribution in [1.82, 2.24) is 0 Å². The molecular formula is C16H16F2O2. The van der Waals surface area contributed by atoms with Crippen LogP contribution >= 0.6 is 0 Å². The highest BCUT2D eigenvalue weighted by Gasteiger charge is 2.41. The second-order valence-electron chi connectivity index (χ2n) is 4.37. The number of hydrogen-bond donors (Lipinski definition) is 0. The van der Waals surface area contributed by atoms with E-state index in [1.54, 1.807) is 24.3 Å². The van der Waals surface area contributed by atoms with Crippen molar-refractivity contribution in [3.05, 3.63) is 60.2 Å². The Morgan fingerprint density at radius 1 is 0.850 bits per heavy atom. The molecule has 1 atom stereocenters. The summed E-state index contributed by atoms with van der Waals surface area (Å²) in [7, 11) is 2.20. The van der Waals surface area contributed by atoms with Gasteiger partial charge in [-0.2, -0.15) is 8.78 Å². The molecule has 0 N–H and O–H groups in total. The summed E-state index contributed by atoms with van der Waals surface area (Å²) in [6.07, 6.45) is -4.78. The van der Waals surface area contributed by atoms with E-state index in [1.807, 2.05) is 30.3 Å². The molecule has 106 valence electrons. The maximum Gasteiger partial charge on any atom is 0.385 e. The highest BCUT2D eigenvalue weighted by atomic mass is 19.3. The molecule has 0 aromatic heterocycles. The Balaban J connectivity index is 2.28. The van der Waals surface area contributed by atoms with Gasteiger partial charge in [0.05, 0.1) is 0 Å². The summed E-state index contributed by atoms with van der Waals surface area (Å²) in [6, 6.07) is 16.6. The van der Waals surface area contributed by atoms with Gasteiger partial charge in [-0.3, -0.25) is 0 Å². The number of halogens is 2. The van der Waals surface area contributed by atoms with Crippen LogP contribution < -0.4 is 0 Å².